The SMILES string of the molecule is COc1ccc(NC(C)=O)c(C(C)c2ccc(OC)c(OC)c2)c1. The van der Waals surface area contributed by atoms with Gasteiger partial charge in [0.1, 0.15) is 5.75 Å². The number of ether oxygens (including phenoxy) is 3. The maximum atomic E-state index is 11.5. The van der Waals surface area contributed by atoms with Crippen LogP contribution in [-0.2, 0) is 4.79 Å². The van der Waals surface area contributed by atoms with Crippen LogP contribution in [0.5, 0.6) is 17.2 Å². The summed E-state index contributed by atoms with van der Waals surface area (Å²) in [6.07, 6.45) is 0. The second kappa shape index (κ2) is 7.73. The van der Waals surface area contributed by atoms with E-state index in [0.29, 0.717) is 11.5 Å². The molecule has 1 amide bonds. The van der Waals surface area contributed by atoms with Crippen LogP contribution >= 0.6 is 0 Å². The van der Waals surface area contributed by atoms with Crippen LogP contribution in [0.25, 0.3) is 0 Å². The first-order chi connectivity index (χ1) is 11.5. The number of rotatable bonds is 6. The Kier molecular flexibility index (Phi) is 5.68. The van der Waals surface area contributed by atoms with Crippen LogP contribution in [-0.4, -0.2) is 27.2 Å². The van der Waals surface area contributed by atoms with Crippen LogP contribution in [0.2, 0.25) is 0 Å². The van der Waals surface area contributed by atoms with Gasteiger partial charge in [-0.05, 0) is 41.5 Å². The van der Waals surface area contributed by atoms with E-state index in [0.717, 1.165) is 22.6 Å². The number of nitrogens with one attached hydrogen (secondary N) is 1. The molecule has 0 saturated heterocycles. The monoisotopic (exact) mass is 329 g/mol. The predicted octanol–water partition coefficient (Wildman–Crippen LogP) is 3.82. The lowest BCUT2D eigenvalue weighted by Crippen LogP contribution is -2.10. The molecule has 5 nitrogen and oxygen atoms in total. The zero-order valence-electron chi connectivity index (χ0n) is 14.7. The third-order valence-corrected chi connectivity index (χ3v) is 3.94. The van der Waals surface area contributed by atoms with Gasteiger partial charge in [-0.3, -0.25) is 4.79 Å². The summed E-state index contributed by atoms with van der Waals surface area (Å²) in [5, 5.41) is 2.88. The molecule has 2 aromatic rings. The van der Waals surface area contributed by atoms with E-state index in [-0.39, 0.29) is 11.8 Å². The van der Waals surface area contributed by atoms with Gasteiger partial charge in [-0.1, -0.05) is 13.0 Å². The number of carbonyl (C=O) groups excluding carboxylic acids is 1. The molecule has 24 heavy (non-hydrogen) atoms. The number of hydrogen-bond donors (Lipinski definition) is 1. The Bertz CT molecular complexity index is 727. The number of hydrogen-bond acceptors (Lipinski definition) is 4. The highest BCUT2D eigenvalue weighted by atomic mass is 16.5. The fraction of sp³-hybridized carbons (Fsp3) is 0.316. The smallest absolute Gasteiger partial charge is 0.221 e. The van der Waals surface area contributed by atoms with Crippen LogP contribution in [0, 0.1) is 0 Å². The molecular formula is C19H23NO4. The fourth-order valence-corrected chi connectivity index (χ4v) is 2.63. The van der Waals surface area contributed by atoms with Crippen LogP contribution in [0.1, 0.15) is 30.9 Å². The Balaban J connectivity index is 2.47. The van der Waals surface area contributed by atoms with Crippen molar-refractivity contribution in [3.05, 3.63) is 47.5 Å². The van der Waals surface area contributed by atoms with Crippen molar-refractivity contribution in [3.63, 3.8) is 0 Å². The van der Waals surface area contributed by atoms with E-state index in [1.807, 2.05) is 36.4 Å². The van der Waals surface area contributed by atoms with Gasteiger partial charge in [0.2, 0.25) is 5.91 Å². The van der Waals surface area contributed by atoms with Crippen molar-refractivity contribution in [2.24, 2.45) is 0 Å². The van der Waals surface area contributed by atoms with E-state index in [1.54, 1.807) is 21.3 Å². The molecule has 1 N–H and O–H groups in total. The van der Waals surface area contributed by atoms with Crippen molar-refractivity contribution < 1.29 is 19.0 Å². The standard InChI is InChI=1S/C19H23NO4/c1-12(14-6-9-18(23-4)19(10-14)24-5)16-11-15(22-3)7-8-17(16)20-13(2)21/h6-12H,1-5H3,(H,20,21). The number of benzene rings is 2. The van der Waals surface area contributed by atoms with Crippen molar-refractivity contribution in [1.82, 2.24) is 0 Å². The molecule has 0 saturated carbocycles. The molecule has 0 spiro atoms. The summed E-state index contributed by atoms with van der Waals surface area (Å²) in [5.74, 6) is 2.01. The highest BCUT2D eigenvalue weighted by molar-refractivity contribution is 5.90. The predicted molar refractivity (Wildman–Crippen MR) is 94.4 cm³/mol. The Labute approximate surface area is 142 Å². The molecule has 0 aliphatic heterocycles. The van der Waals surface area contributed by atoms with Crippen LogP contribution in [0.15, 0.2) is 36.4 Å². The number of carbonyl (C=O) groups is 1. The zero-order chi connectivity index (χ0) is 17.7. The largest absolute Gasteiger partial charge is 0.497 e. The number of anilines is 1. The first-order valence-electron chi connectivity index (χ1n) is 7.67. The number of amides is 1. The summed E-state index contributed by atoms with van der Waals surface area (Å²) in [5.41, 5.74) is 2.79. The average Bonchev–Trinajstić information content (AvgIpc) is 2.60. The zero-order valence-corrected chi connectivity index (χ0v) is 14.7. The van der Waals surface area contributed by atoms with E-state index in [4.69, 9.17) is 14.2 Å². The van der Waals surface area contributed by atoms with E-state index in [2.05, 4.69) is 12.2 Å². The molecule has 2 rings (SSSR count). The Hall–Kier alpha value is -2.69. The molecule has 0 heterocycles. The Morgan fingerprint density at radius 2 is 1.67 bits per heavy atom. The molecule has 1 unspecified atom stereocenters. The van der Waals surface area contributed by atoms with Gasteiger partial charge in [0, 0.05) is 18.5 Å². The normalized spacial score (nSPS) is 11.5. The molecule has 2 aromatic carbocycles. The van der Waals surface area contributed by atoms with Gasteiger partial charge >= 0.3 is 0 Å². The molecular weight excluding hydrogens is 306 g/mol. The van der Waals surface area contributed by atoms with Gasteiger partial charge < -0.3 is 19.5 Å². The van der Waals surface area contributed by atoms with E-state index >= 15 is 0 Å². The molecule has 0 aliphatic rings. The van der Waals surface area contributed by atoms with Gasteiger partial charge in [0.25, 0.3) is 0 Å². The second-order valence-electron chi connectivity index (χ2n) is 5.47. The second-order valence-corrected chi connectivity index (χ2v) is 5.47. The van der Waals surface area contributed by atoms with E-state index in [1.165, 1.54) is 6.92 Å². The summed E-state index contributed by atoms with van der Waals surface area (Å²) in [6.45, 7) is 3.57. The lowest BCUT2D eigenvalue weighted by Gasteiger charge is -2.19. The summed E-state index contributed by atoms with van der Waals surface area (Å²) >= 11 is 0. The topological polar surface area (TPSA) is 56.8 Å². The lowest BCUT2D eigenvalue weighted by atomic mass is 9.91. The molecule has 0 aliphatic carbocycles. The molecule has 0 bridgehead atoms. The molecule has 5 heteroatoms. The minimum Gasteiger partial charge on any atom is -0.497 e. The molecule has 0 fully saturated rings. The summed E-state index contributed by atoms with van der Waals surface area (Å²) in [4.78, 5) is 11.5. The number of methoxy groups -OCH3 is 3. The summed E-state index contributed by atoms with van der Waals surface area (Å²) < 4.78 is 16.0. The van der Waals surface area contributed by atoms with Gasteiger partial charge in [0.15, 0.2) is 11.5 Å². The van der Waals surface area contributed by atoms with Crippen molar-refractivity contribution in [3.8, 4) is 17.2 Å². The molecule has 0 radical (unpaired) electrons. The molecule has 128 valence electrons. The van der Waals surface area contributed by atoms with Crippen LogP contribution < -0.4 is 19.5 Å². The Morgan fingerprint density at radius 3 is 2.25 bits per heavy atom. The third-order valence-electron chi connectivity index (χ3n) is 3.94. The van der Waals surface area contributed by atoms with Crippen LogP contribution in [0.3, 0.4) is 0 Å². The summed E-state index contributed by atoms with van der Waals surface area (Å²) in [6, 6.07) is 11.4. The van der Waals surface area contributed by atoms with Gasteiger partial charge in [-0.15, -0.1) is 0 Å². The first-order valence-corrected chi connectivity index (χ1v) is 7.67. The highest BCUT2D eigenvalue weighted by Gasteiger charge is 2.17. The van der Waals surface area contributed by atoms with Gasteiger partial charge in [-0.25, -0.2) is 0 Å². The average molecular weight is 329 g/mol. The minimum atomic E-state index is -0.110. The third kappa shape index (κ3) is 3.79. The van der Waals surface area contributed by atoms with Crippen molar-refractivity contribution in [2.45, 2.75) is 19.8 Å². The summed E-state index contributed by atoms with van der Waals surface area (Å²) in [7, 11) is 4.84. The van der Waals surface area contributed by atoms with Gasteiger partial charge in [-0.2, -0.15) is 0 Å². The fourth-order valence-electron chi connectivity index (χ4n) is 2.63. The maximum absolute atomic E-state index is 11.5. The van der Waals surface area contributed by atoms with Crippen molar-refractivity contribution in [1.29, 1.82) is 0 Å². The quantitative estimate of drug-likeness (QED) is 0.875. The van der Waals surface area contributed by atoms with E-state index < -0.39 is 0 Å². The minimum absolute atomic E-state index is 0.0294. The first kappa shape index (κ1) is 17.7. The lowest BCUT2D eigenvalue weighted by molar-refractivity contribution is -0.114. The van der Waals surface area contributed by atoms with Gasteiger partial charge in [0.05, 0.1) is 21.3 Å². The maximum Gasteiger partial charge on any atom is 0.221 e. The molecule has 0 aromatic heterocycles. The van der Waals surface area contributed by atoms with Crippen molar-refractivity contribution in [2.75, 3.05) is 26.6 Å². The van der Waals surface area contributed by atoms with E-state index in [9.17, 15) is 4.79 Å². The molecule has 1 atom stereocenters. The van der Waals surface area contributed by atoms with Crippen LogP contribution in [0.4, 0.5) is 5.69 Å². The highest BCUT2D eigenvalue weighted by Crippen LogP contribution is 2.37. The Morgan fingerprint density at radius 1 is 0.958 bits per heavy atom. The van der Waals surface area contributed by atoms with Crippen molar-refractivity contribution >= 4 is 11.6 Å².